The summed E-state index contributed by atoms with van der Waals surface area (Å²) in [5.41, 5.74) is 1.48. The van der Waals surface area contributed by atoms with Gasteiger partial charge in [-0.1, -0.05) is 0 Å². The summed E-state index contributed by atoms with van der Waals surface area (Å²) in [5.74, 6) is -0.573. The summed E-state index contributed by atoms with van der Waals surface area (Å²) in [6.07, 6.45) is 1.72. The molecule has 3 rings (SSSR count). The molecule has 1 fully saturated rings. The number of carbonyl (C=O) groups excluding carboxylic acids is 1. The summed E-state index contributed by atoms with van der Waals surface area (Å²) in [5, 5.41) is 12.1. The number of carbonyl (C=O) groups is 2. The van der Waals surface area contributed by atoms with Crippen LogP contribution in [-0.4, -0.2) is 35.9 Å². The van der Waals surface area contributed by atoms with Crippen LogP contribution in [-0.2, 0) is 9.59 Å². The van der Waals surface area contributed by atoms with E-state index in [4.69, 9.17) is 14.6 Å². The van der Waals surface area contributed by atoms with Crippen LogP contribution in [0.2, 0.25) is 0 Å². The molecule has 0 saturated carbocycles. The minimum absolute atomic E-state index is 0.237. The molecule has 1 aliphatic rings. The van der Waals surface area contributed by atoms with Crippen molar-refractivity contribution in [1.29, 1.82) is 0 Å². The predicted octanol–water partition coefficient (Wildman–Crippen LogP) is 4.26. The molecule has 0 spiro atoms. The lowest BCUT2D eigenvalue weighted by molar-refractivity contribution is -0.139. The normalized spacial score (nSPS) is 16.2. The average Bonchev–Trinajstić information content (AvgIpc) is 3.01. The summed E-state index contributed by atoms with van der Waals surface area (Å²) < 4.78 is 12.4. The van der Waals surface area contributed by atoms with Crippen molar-refractivity contribution in [3.05, 3.63) is 54.0 Å². The van der Waals surface area contributed by atoms with Gasteiger partial charge >= 0.3 is 5.97 Å². The number of ether oxygens (including phenoxy) is 2. The zero-order valence-electron chi connectivity index (χ0n) is 14.9. The van der Waals surface area contributed by atoms with Crippen molar-refractivity contribution in [1.82, 2.24) is 5.32 Å². The molecule has 0 bridgehead atoms. The number of amides is 1. The Morgan fingerprint density at radius 2 is 2.00 bits per heavy atom. The van der Waals surface area contributed by atoms with E-state index in [1.165, 1.54) is 18.9 Å². The number of rotatable bonds is 6. The SMILES string of the molecule is COc1cc(/C=C2/SC(=Nc3ccc(I)cc3)NC2=O)cc(I)c1OCC(=O)O. The standard InChI is InChI=1S/C19H14I2N2O5S/c1-27-14-7-10(6-13(21)17(14)28-9-16(24)25)8-15-18(26)23-19(29-15)22-12-4-2-11(20)3-5-12/h2-8H,9H2,1H3,(H,24,25)(H,22,23,26)/b15-8+. The van der Waals surface area contributed by atoms with E-state index in [9.17, 15) is 9.59 Å². The Balaban J connectivity index is 1.84. The Bertz CT molecular complexity index is 1020. The van der Waals surface area contributed by atoms with E-state index in [1.54, 1.807) is 18.2 Å². The highest BCUT2D eigenvalue weighted by molar-refractivity contribution is 14.1. The first-order valence-electron chi connectivity index (χ1n) is 8.13. The molecule has 2 aromatic carbocycles. The summed E-state index contributed by atoms with van der Waals surface area (Å²) in [6, 6.07) is 11.1. The van der Waals surface area contributed by atoms with Crippen LogP contribution in [0.3, 0.4) is 0 Å². The van der Waals surface area contributed by atoms with Crippen molar-refractivity contribution in [2.75, 3.05) is 13.7 Å². The van der Waals surface area contributed by atoms with Crippen molar-refractivity contribution in [2.24, 2.45) is 4.99 Å². The number of halogens is 2. The number of hydrogen-bond donors (Lipinski definition) is 2. The zero-order chi connectivity index (χ0) is 21.0. The predicted molar refractivity (Wildman–Crippen MR) is 129 cm³/mol. The molecule has 7 nitrogen and oxygen atoms in total. The van der Waals surface area contributed by atoms with E-state index in [0.717, 1.165) is 14.8 Å². The van der Waals surface area contributed by atoms with Crippen molar-refractivity contribution < 1.29 is 24.2 Å². The lowest BCUT2D eigenvalue weighted by Crippen LogP contribution is -2.19. The number of carboxylic acids is 1. The van der Waals surface area contributed by atoms with Gasteiger partial charge in [-0.25, -0.2) is 9.79 Å². The first-order valence-corrected chi connectivity index (χ1v) is 11.1. The number of hydrogen-bond acceptors (Lipinski definition) is 6. The molecular weight excluding hydrogens is 622 g/mol. The number of thioether (sulfide) groups is 1. The maximum Gasteiger partial charge on any atom is 0.341 e. The topological polar surface area (TPSA) is 97.2 Å². The van der Waals surface area contributed by atoms with E-state index >= 15 is 0 Å². The third-order valence-corrected chi connectivity index (χ3v) is 6.03. The maximum atomic E-state index is 12.3. The van der Waals surface area contributed by atoms with Gasteiger partial charge in [0.2, 0.25) is 0 Å². The highest BCUT2D eigenvalue weighted by Gasteiger charge is 2.24. The number of nitrogens with zero attached hydrogens (tertiary/aromatic N) is 1. The van der Waals surface area contributed by atoms with Crippen LogP contribution < -0.4 is 14.8 Å². The van der Waals surface area contributed by atoms with Crippen LogP contribution in [0.25, 0.3) is 6.08 Å². The molecule has 0 radical (unpaired) electrons. The molecule has 1 saturated heterocycles. The molecule has 2 N–H and O–H groups in total. The Morgan fingerprint density at radius 3 is 2.66 bits per heavy atom. The first kappa shape index (κ1) is 21.9. The third kappa shape index (κ3) is 5.85. The van der Waals surface area contributed by atoms with Gasteiger partial charge in [0, 0.05) is 3.57 Å². The lowest BCUT2D eigenvalue weighted by atomic mass is 10.2. The van der Waals surface area contributed by atoms with Gasteiger partial charge in [0.1, 0.15) is 0 Å². The van der Waals surface area contributed by atoms with Crippen molar-refractivity contribution in [2.45, 2.75) is 0 Å². The Labute approximate surface area is 198 Å². The highest BCUT2D eigenvalue weighted by atomic mass is 127. The van der Waals surface area contributed by atoms with Gasteiger partial charge in [-0.3, -0.25) is 4.79 Å². The number of aliphatic imine (C=N–C) groups is 1. The number of amidine groups is 1. The second-order valence-electron chi connectivity index (χ2n) is 5.67. The van der Waals surface area contributed by atoms with Crippen LogP contribution in [0.15, 0.2) is 46.3 Å². The molecule has 0 aromatic heterocycles. The molecule has 2 aromatic rings. The van der Waals surface area contributed by atoms with Gasteiger partial charge in [0.05, 0.1) is 21.3 Å². The smallest absolute Gasteiger partial charge is 0.341 e. The maximum absolute atomic E-state index is 12.3. The number of carboxylic acid groups (broad SMARTS) is 1. The molecule has 1 amide bonds. The number of nitrogens with one attached hydrogen (secondary N) is 1. The van der Waals surface area contributed by atoms with Gasteiger partial charge in [-0.05, 0) is 105 Å². The summed E-state index contributed by atoms with van der Waals surface area (Å²) in [4.78, 5) is 28.0. The average molecular weight is 636 g/mol. The molecule has 29 heavy (non-hydrogen) atoms. The second-order valence-corrected chi connectivity index (χ2v) is 9.11. The molecule has 150 valence electrons. The van der Waals surface area contributed by atoms with E-state index < -0.39 is 12.6 Å². The number of aliphatic carboxylic acids is 1. The Kier molecular flexibility index (Phi) is 7.40. The van der Waals surface area contributed by atoms with E-state index in [-0.39, 0.29) is 5.91 Å². The molecule has 1 heterocycles. The quantitative estimate of drug-likeness (QED) is 0.364. The Hall–Kier alpha value is -1.80. The van der Waals surface area contributed by atoms with Crippen molar-refractivity contribution in [3.63, 3.8) is 0 Å². The number of methoxy groups -OCH3 is 1. The van der Waals surface area contributed by atoms with Gasteiger partial charge in [-0.15, -0.1) is 0 Å². The van der Waals surface area contributed by atoms with E-state index in [2.05, 4.69) is 32.9 Å². The van der Waals surface area contributed by atoms with Gasteiger partial charge in [-0.2, -0.15) is 0 Å². The number of benzene rings is 2. The summed E-state index contributed by atoms with van der Waals surface area (Å²) in [6.45, 7) is -0.469. The second kappa shape index (κ2) is 9.80. The lowest BCUT2D eigenvalue weighted by Gasteiger charge is -2.12. The van der Waals surface area contributed by atoms with Crippen LogP contribution >= 0.6 is 56.9 Å². The molecule has 0 unspecified atom stereocenters. The Morgan fingerprint density at radius 1 is 1.28 bits per heavy atom. The van der Waals surface area contributed by atoms with E-state index in [0.29, 0.717) is 25.1 Å². The molecule has 0 atom stereocenters. The van der Waals surface area contributed by atoms with Gasteiger partial charge in [0.15, 0.2) is 23.3 Å². The fourth-order valence-corrected chi connectivity index (χ4v) is 4.34. The largest absolute Gasteiger partial charge is 0.493 e. The summed E-state index contributed by atoms with van der Waals surface area (Å²) >= 11 is 5.50. The highest BCUT2D eigenvalue weighted by Crippen LogP contribution is 2.36. The molecule has 10 heteroatoms. The van der Waals surface area contributed by atoms with Crippen LogP contribution in [0, 0.1) is 7.14 Å². The molecule has 1 aliphatic heterocycles. The fraction of sp³-hybridized carbons (Fsp3) is 0.105. The van der Waals surface area contributed by atoms with Crippen LogP contribution in [0.1, 0.15) is 5.56 Å². The van der Waals surface area contributed by atoms with Crippen LogP contribution in [0.4, 0.5) is 5.69 Å². The zero-order valence-corrected chi connectivity index (χ0v) is 20.1. The fourth-order valence-electron chi connectivity index (χ4n) is 2.36. The third-order valence-electron chi connectivity index (χ3n) is 3.60. The minimum Gasteiger partial charge on any atom is -0.493 e. The van der Waals surface area contributed by atoms with Crippen LogP contribution in [0.5, 0.6) is 11.5 Å². The van der Waals surface area contributed by atoms with Gasteiger partial charge < -0.3 is 19.9 Å². The molecule has 0 aliphatic carbocycles. The molecular formula is C19H14I2N2O5S. The van der Waals surface area contributed by atoms with E-state index in [1.807, 2.05) is 46.9 Å². The van der Waals surface area contributed by atoms with Crippen molar-refractivity contribution >= 4 is 85.8 Å². The summed E-state index contributed by atoms with van der Waals surface area (Å²) in [7, 11) is 1.47. The minimum atomic E-state index is -1.08. The monoisotopic (exact) mass is 636 g/mol. The van der Waals surface area contributed by atoms with Crippen molar-refractivity contribution in [3.8, 4) is 11.5 Å². The van der Waals surface area contributed by atoms with Gasteiger partial charge in [0.25, 0.3) is 5.91 Å². The first-order chi connectivity index (χ1) is 13.9.